The van der Waals surface area contributed by atoms with Crippen LogP contribution in [0.25, 0.3) is 6.08 Å². The van der Waals surface area contributed by atoms with E-state index in [4.69, 9.17) is 0 Å². The zero-order valence-corrected chi connectivity index (χ0v) is 14.0. The largest absolute Gasteiger partial charge is 0.323 e. The van der Waals surface area contributed by atoms with Gasteiger partial charge in [0.15, 0.2) is 0 Å². The molecule has 0 atom stereocenters. The SMILES string of the molecule is CCn1nc(C)c(C=CC(=O)Nc2ccc3c(c2)CCC3)c1C. The molecule has 1 amide bonds. The molecule has 1 aliphatic rings. The van der Waals surface area contributed by atoms with Gasteiger partial charge >= 0.3 is 0 Å². The highest BCUT2D eigenvalue weighted by Gasteiger charge is 2.11. The smallest absolute Gasteiger partial charge is 0.248 e. The molecule has 120 valence electrons. The van der Waals surface area contributed by atoms with Crippen LogP contribution in [-0.2, 0) is 24.2 Å². The van der Waals surface area contributed by atoms with Crippen LogP contribution in [0.5, 0.6) is 0 Å². The van der Waals surface area contributed by atoms with E-state index in [9.17, 15) is 4.79 Å². The molecule has 0 bridgehead atoms. The maximum absolute atomic E-state index is 12.2. The van der Waals surface area contributed by atoms with Crippen LogP contribution < -0.4 is 5.32 Å². The molecule has 1 N–H and O–H groups in total. The maximum Gasteiger partial charge on any atom is 0.248 e. The minimum absolute atomic E-state index is 0.106. The second-order valence-electron chi connectivity index (χ2n) is 6.06. The van der Waals surface area contributed by atoms with E-state index >= 15 is 0 Å². The van der Waals surface area contributed by atoms with Crippen molar-refractivity contribution in [2.45, 2.75) is 46.6 Å². The molecule has 1 heterocycles. The molecule has 0 unspecified atom stereocenters. The summed E-state index contributed by atoms with van der Waals surface area (Å²) in [6.45, 7) is 6.90. The number of carbonyl (C=O) groups excluding carboxylic acids is 1. The molecule has 2 aromatic rings. The fourth-order valence-corrected chi connectivity index (χ4v) is 3.25. The lowest BCUT2D eigenvalue weighted by Gasteiger charge is -2.05. The first-order valence-corrected chi connectivity index (χ1v) is 8.23. The summed E-state index contributed by atoms with van der Waals surface area (Å²) in [5.74, 6) is -0.106. The Morgan fingerprint density at radius 1 is 1.30 bits per heavy atom. The Kier molecular flexibility index (Phi) is 4.33. The second-order valence-corrected chi connectivity index (χ2v) is 6.06. The quantitative estimate of drug-likeness (QED) is 0.876. The predicted molar refractivity (Wildman–Crippen MR) is 93.5 cm³/mol. The molecule has 1 aromatic carbocycles. The van der Waals surface area contributed by atoms with Crippen LogP contribution in [-0.4, -0.2) is 15.7 Å². The fraction of sp³-hybridized carbons (Fsp3) is 0.368. The standard InChI is InChI=1S/C19H23N3O/c1-4-22-14(3)18(13(2)21-22)10-11-19(23)20-17-9-8-15-6-5-7-16(15)12-17/h8-12H,4-7H2,1-3H3,(H,20,23). The molecule has 0 saturated heterocycles. The first-order chi connectivity index (χ1) is 11.1. The first kappa shape index (κ1) is 15.5. The van der Waals surface area contributed by atoms with Crippen LogP contribution in [0.1, 0.15) is 41.4 Å². The van der Waals surface area contributed by atoms with Gasteiger partial charge in [-0.25, -0.2) is 0 Å². The van der Waals surface area contributed by atoms with E-state index in [2.05, 4.69) is 29.5 Å². The van der Waals surface area contributed by atoms with Gasteiger partial charge < -0.3 is 5.32 Å². The Balaban J connectivity index is 1.71. The van der Waals surface area contributed by atoms with Crippen molar-refractivity contribution >= 4 is 17.7 Å². The van der Waals surface area contributed by atoms with E-state index in [1.165, 1.54) is 17.5 Å². The topological polar surface area (TPSA) is 46.9 Å². The zero-order chi connectivity index (χ0) is 16.4. The van der Waals surface area contributed by atoms with Crippen molar-refractivity contribution in [2.75, 3.05) is 5.32 Å². The molecule has 0 saturated carbocycles. The van der Waals surface area contributed by atoms with E-state index in [-0.39, 0.29) is 5.91 Å². The van der Waals surface area contributed by atoms with Crippen molar-refractivity contribution in [3.05, 3.63) is 52.4 Å². The van der Waals surface area contributed by atoms with Gasteiger partial charge in [-0.3, -0.25) is 9.48 Å². The molecule has 0 spiro atoms. The van der Waals surface area contributed by atoms with Crippen molar-refractivity contribution in [2.24, 2.45) is 0 Å². The number of aromatic nitrogens is 2. The summed E-state index contributed by atoms with van der Waals surface area (Å²) in [5, 5.41) is 7.41. The van der Waals surface area contributed by atoms with E-state index in [0.717, 1.165) is 42.0 Å². The number of hydrogen-bond donors (Lipinski definition) is 1. The number of nitrogens with zero attached hydrogens (tertiary/aromatic N) is 2. The lowest BCUT2D eigenvalue weighted by molar-refractivity contribution is -0.111. The van der Waals surface area contributed by atoms with Crippen molar-refractivity contribution in [3.63, 3.8) is 0 Å². The van der Waals surface area contributed by atoms with E-state index in [1.54, 1.807) is 6.08 Å². The summed E-state index contributed by atoms with van der Waals surface area (Å²) in [6, 6.07) is 6.21. The number of aryl methyl sites for hydroxylation is 4. The Labute approximate surface area is 137 Å². The molecule has 1 aliphatic carbocycles. The summed E-state index contributed by atoms with van der Waals surface area (Å²) in [6.07, 6.45) is 6.93. The van der Waals surface area contributed by atoms with Gasteiger partial charge in [0.25, 0.3) is 0 Å². The van der Waals surface area contributed by atoms with Gasteiger partial charge in [0.1, 0.15) is 0 Å². The molecule has 0 fully saturated rings. The molecule has 4 heteroatoms. The van der Waals surface area contributed by atoms with Crippen LogP contribution in [0.4, 0.5) is 5.69 Å². The van der Waals surface area contributed by atoms with Crippen LogP contribution in [0, 0.1) is 13.8 Å². The van der Waals surface area contributed by atoms with Crippen LogP contribution in [0.15, 0.2) is 24.3 Å². The van der Waals surface area contributed by atoms with Gasteiger partial charge in [-0.15, -0.1) is 0 Å². The van der Waals surface area contributed by atoms with Crippen molar-refractivity contribution < 1.29 is 4.79 Å². The Hall–Kier alpha value is -2.36. The average molecular weight is 309 g/mol. The minimum Gasteiger partial charge on any atom is -0.323 e. The van der Waals surface area contributed by atoms with Crippen molar-refractivity contribution in [1.82, 2.24) is 9.78 Å². The molecule has 4 nitrogen and oxygen atoms in total. The third-order valence-corrected chi connectivity index (χ3v) is 4.50. The summed E-state index contributed by atoms with van der Waals surface area (Å²) in [7, 11) is 0. The zero-order valence-electron chi connectivity index (χ0n) is 14.0. The van der Waals surface area contributed by atoms with Gasteiger partial charge in [-0.05, 0) is 69.4 Å². The van der Waals surface area contributed by atoms with Crippen LogP contribution >= 0.6 is 0 Å². The van der Waals surface area contributed by atoms with E-state index < -0.39 is 0 Å². The molecule has 0 radical (unpaired) electrons. The number of amides is 1. The lowest BCUT2D eigenvalue weighted by Crippen LogP contribution is -2.08. The number of anilines is 1. The summed E-state index contributed by atoms with van der Waals surface area (Å²) >= 11 is 0. The maximum atomic E-state index is 12.2. The molecular formula is C19H23N3O. The highest BCUT2D eigenvalue weighted by atomic mass is 16.1. The lowest BCUT2D eigenvalue weighted by atomic mass is 10.1. The Morgan fingerprint density at radius 2 is 2.09 bits per heavy atom. The van der Waals surface area contributed by atoms with Crippen LogP contribution in [0.3, 0.4) is 0 Å². The van der Waals surface area contributed by atoms with Gasteiger partial charge in [-0.2, -0.15) is 5.10 Å². The predicted octanol–water partition coefficient (Wildman–Crippen LogP) is 3.66. The number of rotatable bonds is 4. The number of nitrogens with one attached hydrogen (secondary N) is 1. The highest BCUT2D eigenvalue weighted by molar-refractivity contribution is 6.02. The third-order valence-electron chi connectivity index (χ3n) is 4.50. The van der Waals surface area contributed by atoms with Crippen molar-refractivity contribution in [1.29, 1.82) is 0 Å². The summed E-state index contributed by atoms with van der Waals surface area (Å²) < 4.78 is 1.95. The molecule has 23 heavy (non-hydrogen) atoms. The molecule has 3 rings (SSSR count). The fourth-order valence-electron chi connectivity index (χ4n) is 3.25. The summed E-state index contributed by atoms with van der Waals surface area (Å²) in [5.41, 5.74) is 6.71. The van der Waals surface area contributed by atoms with Gasteiger partial charge in [-0.1, -0.05) is 6.07 Å². The Morgan fingerprint density at radius 3 is 2.83 bits per heavy atom. The number of benzene rings is 1. The Bertz CT molecular complexity index is 771. The second kappa shape index (κ2) is 6.41. The number of fused-ring (bicyclic) bond motifs is 1. The van der Waals surface area contributed by atoms with Crippen LogP contribution in [0.2, 0.25) is 0 Å². The first-order valence-electron chi connectivity index (χ1n) is 8.23. The summed E-state index contributed by atoms with van der Waals surface area (Å²) in [4.78, 5) is 12.2. The van der Waals surface area contributed by atoms with Crippen molar-refractivity contribution in [3.8, 4) is 0 Å². The number of carbonyl (C=O) groups is 1. The van der Waals surface area contributed by atoms with Gasteiger partial charge in [0.05, 0.1) is 5.69 Å². The van der Waals surface area contributed by atoms with E-state index in [1.807, 2.05) is 30.7 Å². The molecule has 0 aliphatic heterocycles. The van der Waals surface area contributed by atoms with Gasteiger partial charge in [0, 0.05) is 29.6 Å². The monoisotopic (exact) mass is 309 g/mol. The number of hydrogen-bond acceptors (Lipinski definition) is 2. The average Bonchev–Trinajstić information content (AvgIpc) is 3.09. The highest BCUT2D eigenvalue weighted by Crippen LogP contribution is 2.25. The molecule has 1 aromatic heterocycles. The molecular weight excluding hydrogens is 286 g/mol. The third kappa shape index (κ3) is 3.21. The van der Waals surface area contributed by atoms with Gasteiger partial charge in [0.2, 0.25) is 5.91 Å². The minimum atomic E-state index is -0.106. The normalized spacial score (nSPS) is 13.5. The van der Waals surface area contributed by atoms with E-state index in [0.29, 0.717) is 0 Å².